The Balaban J connectivity index is 1.65. The number of aliphatic hydroxyl groups excluding tert-OH is 8. The second-order valence-electron chi connectivity index (χ2n) is 22.5. The van der Waals surface area contributed by atoms with Crippen molar-refractivity contribution in [2.75, 3.05) is 19.8 Å². The van der Waals surface area contributed by atoms with Gasteiger partial charge in [-0.1, -0.05) is 249 Å². The minimum Gasteiger partial charge on any atom is -0.394 e. The first-order valence-corrected chi connectivity index (χ1v) is 31.7. The van der Waals surface area contributed by atoms with E-state index >= 15 is 0 Å². The van der Waals surface area contributed by atoms with Crippen LogP contribution in [0.25, 0.3) is 0 Å². The summed E-state index contributed by atoms with van der Waals surface area (Å²) in [6.45, 7) is 2.77. The molecule has 0 bridgehead atoms. The van der Waals surface area contributed by atoms with E-state index in [1.165, 1.54) is 186 Å². The van der Waals surface area contributed by atoms with Crippen molar-refractivity contribution in [2.24, 2.45) is 0 Å². The van der Waals surface area contributed by atoms with E-state index in [0.29, 0.717) is 12.8 Å². The van der Waals surface area contributed by atoms with Crippen molar-refractivity contribution < 1.29 is 64.6 Å². The maximum Gasteiger partial charge on any atom is 0.220 e. The van der Waals surface area contributed by atoms with Crippen LogP contribution in [0, 0.1) is 0 Å². The molecule has 14 nitrogen and oxygen atoms in total. The molecule has 2 aliphatic heterocycles. The van der Waals surface area contributed by atoms with E-state index in [1.54, 1.807) is 6.08 Å². The lowest BCUT2D eigenvalue weighted by molar-refractivity contribution is -0.359. The fourth-order valence-electron chi connectivity index (χ4n) is 10.4. The molecule has 2 rings (SSSR count). The third kappa shape index (κ3) is 34.3. The number of ether oxygens (including phenoxy) is 4. The van der Waals surface area contributed by atoms with Gasteiger partial charge >= 0.3 is 0 Å². The summed E-state index contributed by atoms with van der Waals surface area (Å²) in [6.07, 6.45) is 43.8. The molecule has 2 heterocycles. The lowest BCUT2D eigenvalue weighted by Gasteiger charge is -2.46. The predicted molar refractivity (Wildman–Crippen MR) is 309 cm³/mol. The van der Waals surface area contributed by atoms with Crippen LogP contribution in [0.2, 0.25) is 0 Å². The molecule has 1 amide bonds. The zero-order chi connectivity index (χ0) is 56.0. The van der Waals surface area contributed by atoms with Crippen LogP contribution in [0.5, 0.6) is 0 Å². The Morgan fingerprint density at radius 3 is 1.27 bits per heavy atom. The first-order valence-electron chi connectivity index (χ1n) is 31.7. The van der Waals surface area contributed by atoms with Crippen LogP contribution in [0.3, 0.4) is 0 Å². The number of hydrogen-bond donors (Lipinski definition) is 9. The van der Waals surface area contributed by atoms with E-state index in [-0.39, 0.29) is 18.9 Å². The molecule has 12 unspecified atom stereocenters. The highest BCUT2D eigenvalue weighted by atomic mass is 16.7. The van der Waals surface area contributed by atoms with Crippen molar-refractivity contribution >= 4 is 5.91 Å². The third-order valence-corrected chi connectivity index (χ3v) is 15.6. The molecule has 0 aromatic rings. The summed E-state index contributed by atoms with van der Waals surface area (Å²) in [5.74, 6) is -0.254. The van der Waals surface area contributed by atoms with E-state index in [9.17, 15) is 45.6 Å². The van der Waals surface area contributed by atoms with Crippen LogP contribution in [0.15, 0.2) is 36.5 Å². The number of unbranched alkanes of at least 4 members (excludes halogenated alkanes) is 34. The topological polar surface area (TPSA) is 228 Å². The highest BCUT2D eigenvalue weighted by molar-refractivity contribution is 5.76. The molecule has 2 fully saturated rings. The molecular formula is C63H117NO13. The number of carbonyl (C=O) groups excluding carboxylic acids is 1. The van der Waals surface area contributed by atoms with Gasteiger partial charge in [-0.2, -0.15) is 0 Å². The van der Waals surface area contributed by atoms with Crippen LogP contribution < -0.4 is 5.32 Å². The van der Waals surface area contributed by atoms with Gasteiger partial charge in [0, 0.05) is 6.42 Å². The molecule has 12 atom stereocenters. The van der Waals surface area contributed by atoms with Gasteiger partial charge in [0.2, 0.25) is 5.91 Å². The zero-order valence-electron chi connectivity index (χ0n) is 48.7. The summed E-state index contributed by atoms with van der Waals surface area (Å²) in [5, 5.41) is 86.9. The predicted octanol–water partition coefficient (Wildman–Crippen LogP) is 11.4. The molecule has 0 saturated carbocycles. The van der Waals surface area contributed by atoms with Gasteiger partial charge in [-0.25, -0.2) is 0 Å². The first kappa shape index (κ1) is 71.3. The van der Waals surface area contributed by atoms with Crippen molar-refractivity contribution in [1.82, 2.24) is 5.32 Å². The Hall–Kier alpha value is -1.79. The third-order valence-electron chi connectivity index (χ3n) is 15.6. The fraction of sp³-hybridized carbons (Fsp3) is 0.889. The highest BCUT2D eigenvalue weighted by Crippen LogP contribution is 2.30. The fourth-order valence-corrected chi connectivity index (χ4v) is 10.4. The second-order valence-corrected chi connectivity index (χ2v) is 22.5. The molecule has 0 radical (unpaired) electrons. The zero-order valence-corrected chi connectivity index (χ0v) is 48.7. The molecule has 14 heteroatoms. The van der Waals surface area contributed by atoms with E-state index in [1.807, 2.05) is 6.08 Å². The van der Waals surface area contributed by atoms with Gasteiger partial charge in [-0.3, -0.25) is 4.79 Å². The second kappa shape index (κ2) is 48.9. The van der Waals surface area contributed by atoms with Crippen LogP contribution in [-0.4, -0.2) is 140 Å². The maximum atomic E-state index is 13.2. The Labute approximate surface area is 468 Å². The average molecular weight is 1100 g/mol. The Kier molecular flexibility index (Phi) is 45.3. The van der Waals surface area contributed by atoms with Crippen molar-refractivity contribution in [3.8, 4) is 0 Å². The molecular weight excluding hydrogens is 979 g/mol. The summed E-state index contributed by atoms with van der Waals surface area (Å²) < 4.78 is 22.7. The van der Waals surface area contributed by atoms with E-state index in [4.69, 9.17) is 18.9 Å². The summed E-state index contributed by atoms with van der Waals surface area (Å²) in [7, 11) is 0. The van der Waals surface area contributed by atoms with E-state index < -0.39 is 86.8 Å². The van der Waals surface area contributed by atoms with Gasteiger partial charge in [0.15, 0.2) is 12.6 Å². The minimum atomic E-state index is -1.79. The molecule has 9 N–H and O–H groups in total. The number of nitrogens with one attached hydrogen (secondary N) is 1. The first-order chi connectivity index (χ1) is 37.6. The molecule has 0 aromatic carbocycles. The SMILES string of the molecule is CCCCCCCCCCCCCCCCCCCCCCCCC/C=C/CC/C=C/CC/C=C/C(O)C(COC1OC(CO)C(OC2OC(CO)C(O)C(O)C2O)C(O)C1O)NC(=O)CCCCCCCCCCCC. The van der Waals surface area contributed by atoms with Crippen LogP contribution >= 0.6 is 0 Å². The summed E-state index contributed by atoms with van der Waals surface area (Å²) in [6, 6.07) is -0.934. The maximum absolute atomic E-state index is 13.2. The monoisotopic (exact) mass is 1100 g/mol. The van der Waals surface area contributed by atoms with Gasteiger partial charge in [-0.15, -0.1) is 0 Å². The molecule has 2 saturated heterocycles. The number of rotatable bonds is 51. The normalized spacial score (nSPS) is 24.9. The van der Waals surface area contributed by atoms with Crippen LogP contribution in [0.4, 0.5) is 0 Å². The molecule has 77 heavy (non-hydrogen) atoms. The molecule has 0 spiro atoms. The van der Waals surface area contributed by atoms with Gasteiger partial charge in [0.05, 0.1) is 32.0 Å². The quantitative estimate of drug-likeness (QED) is 0.0204. The number of allylic oxidation sites excluding steroid dienone is 5. The van der Waals surface area contributed by atoms with Crippen LogP contribution in [-0.2, 0) is 23.7 Å². The number of amides is 1. The van der Waals surface area contributed by atoms with Crippen LogP contribution in [0.1, 0.15) is 264 Å². The van der Waals surface area contributed by atoms with Crippen molar-refractivity contribution in [3.63, 3.8) is 0 Å². The Bertz CT molecular complexity index is 1430. The number of hydrogen-bond acceptors (Lipinski definition) is 13. The van der Waals surface area contributed by atoms with Gasteiger partial charge in [0.25, 0.3) is 0 Å². The Morgan fingerprint density at radius 1 is 0.455 bits per heavy atom. The standard InChI is InChI=1S/C63H117NO13/c1-3-5-7-9-11-13-15-16-17-18-19-20-21-22-23-24-25-26-27-28-29-30-31-32-33-34-35-36-37-38-40-42-44-46-52(67)51(64-55(68)47-45-43-41-39-14-12-10-8-6-4-2)50-74-62-60(73)58(71)61(54(49-66)76-62)77-63-59(72)57(70)56(69)53(48-65)75-63/h33-34,37-38,44,46,51-54,56-63,65-67,69-73H,3-32,35-36,39-43,45,47-50H2,1-2H3,(H,64,68)/b34-33+,38-37+,46-44+. The molecule has 452 valence electrons. The largest absolute Gasteiger partial charge is 0.394 e. The molecule has 0 aliphatic carbocycles. The van der Waals surface area contributed by atoms with Crippen molar-refractivity contribution in [2.45, 2.75) is 338 Å². The molecule has 2 aliphatic rings. The van der Waals surface area contributed by atoms with Crippen molar-refractivity contribution in [3.05, 3.63) is 36.5 Å². The lowest BCUT2D eigenvalue weighted by atomic mass is 9.97. The summed E-state index contributed by atoms with van der Waals surface area (Å²) in [4.78, 5) is 13.2. The molecule has 0 aromatic heterocycles. The smallest absolute Gasteiger partial charge is 0.220 e. The van der Waals surface area contributed by atoms with Gasteiger partial charge in [-0.05, 0) is 44.9 Å². The number of aliphatic hydroxyl groups is 8. The van der Waals surface area contributed by atoms with Crippen molar-refractivity contribution in [1.29, 1.82) is 0 Å². The average Bonchev–Trinajstić information content (AvgIpc) is 3.43. The summed E-state index contributed by atoms with van der Waals surface area (Å²) >= 11 is 0. The van der Waals surface area contributed by atoms with E-state index in [0.717, 1.165) is 44.9 Å². The van der Waals surface area contributed by atoms with E-state index in [2.05, 4.69) is 43.5 Å². The highest BCUT2D eigenvalue weighted by Gasteiger charge is 2.51. The number of carbonyl (C=O) groups is 1. The van der Waals surface area contributed by atoms with Gasteiger partial charge < -0.3 is 65.1 Å². The minimum absolute atomic E-state index is 0.254. The Morgan fingerprint density at radius 2 is 0.831 bits per heavy atom. The van der Waals surface area contributed by atoms with Gasteiger partial charge in [0.1, 0.15) is 48.8 Å². The summed E-state index contributed by atoms with van der Waals surface area (Å²) in [5.41, 5.74) is 0. The lowest BCUT2D eigenvalue weighted by Crippen LogP contribution is -2.65.